The van der Waals surface area contributed by atoms with Crippen LogP contribution in [0.15, 0.2) is 24.3 Å². The number of rotatable bonds is 7. The zero-order valence-corrected chi connectivity index (χ0v) is 15.3. The number of hydrogen-bond donors (Lipinski definition) is 1. The van der Waals surface area contributed by atoms with Gasteiger partial charge in [-0.3, -0.25) is 9.58 Å². The van der Waals surface area contributed by atoms with Crippen LogP contribution in [0.1, 0.15) is 22.5 Å². The third-order valence-corrected chi connectivity index (χ3v) is 4.31. The van der Waals surface area contributed by atoms with Gasteiger partial charge in [0.25, 0.3) is 0 Å². The third-order valence-electron chi connectivity index (χ3n) is 4.31. The fraction of sp³-hybridized carbons (Fsp3) is 0.500. The fourth-order valence-corrected chi connectivity index (χ4v) is 2.75. The van der Waals surface area contributed by atoms with E-state index in [4.69, 9.17) is 4.74 Å². The maximum Gasteiger partial charge on any atom is 0.415 e. The molecule has 26 heavy (non-hydrogen) atoms. The number of hydrogen-bond acceptors (Lipinski definition) is 4. The molecule has 1 N–H and O–H groups in total. The maximum atomic E-state index is 12.5. The van der Waals surface area contributed by atoms with E-state index in [1.54, 1.807) is 14.2 Å². The number of nitrogens with zero attached hydrogens (tertiary/aromatic N) is 3. The summed E-state index contributed by atoms with van der Waals surface area (Å²) in [7, 11) is 3.16. The summed E-state index contributed by atoms with van der Waals surface area (Å²) in [5, 5.41) is 13.7. The van der Waals surface area contributed by atoms with E-state index < -0.39 is 18.8 Å². The van der Waals surface area contributed by atoms with Crippen LogP contribution >= 0.6 is 0 Å². The Kier molecular flexibility index (Phi) is 6.30. The lowest BCUT2D eigenvalue weighted by atomic mass is 10.1. The summed E-state index contributed by atoms with van der Waals surface area (Å²) in [6, 6.07) is 7.63. The fourth-order valence-electron chi connectivity index (χ4n) is 2.75. The van der Waals surface area contributed by atoms with Crippen LogP contribution in [0.5, 0.6) is 5.75 Å². The average molecular weight is 371 g/mol. The molecule has 1 aromatic heterocycles. The molecule has 1 atom stereocenters. The van der Waals surface area contributed by atoms with Gasteiger partial charge < -0.3 is 9.84 Å². The molecule has 0 aliphatic carbocycles. The van der Waals surface area contributed by atoms with E-state index in [0.29, 0.717) is 6.54 Å². The van der Waals surface area contributed by atoms with Gasteiger partial charge in [-0.05, 0) is 38.6 Å². The Morgan fingerprint density at radius 3 is 2.38 bits per heavy atom. The average Bonchev–Trinajstić information content (AvgIpc) is 2.82. The molecule has 0 fully saturated rings. The minimum Gasteiger partial charge on any atom is -0.497 e. The van der Waals surface area contributed by atoms with Crippen molar-refractivity contribution in [2.45, 2.75) is 39.2 Å². The number of aryl methyl sites for hydroxylation is 1. The SMILES string of the molecule is COc1ccc(Cn2nc(C)c(CN(C)CC(O)C(F)(F)F)c2C)cc1. The van der Waals surface area contributed by atoms with Gasteiger partial charge in [0.2, 0.25) is 0 Å². The highest BCUT2D eigenvalue weighted by Gasteiger charge is 2.38. The number of alkyl halides is 3. The molecular formula is C18H24F3N3O2. The van der Waals surface area contributed by atoms with E-state index in [9.17, 15) is 18.3 Å². The quantitative estimate of drug-likeness (QED) is 0.813. The van der Waals surface area contributed by atoms with Crippen LogP contribution in [0.25, 0.3) is 0 Å². The highest BCUT2D eigenvalue weighted by atomic mass is 19.4. The standard InChI is InChI=1S/C18H24F3N3O2/c1-12-16(10-23(3)11-17(25)18(19,20)21)13(2)24(22-12)9-14-5-7-15(26-4)8-6-14/h5-8,17,25H,9-11H2,1-4H3. The lowest BCUT2D eigenvalue weighted by Gasteiger charge is -2.22. The second-order valence-electron chi connectivity index (χ2n) is 6.41. The van der Waals surface area contributed by atoms with Crippen LogP contribution in [0.2, 0.25) is 0 Å². The van der Waals surface area contributed by atoms with Gasteiger partial charge in [-0.1, -0.05) is 12.1 Å². The lowest BCUT2D eigenvalue weighted by molar-refractivity contribution is -0.207. The monoisotopic (exact) mass is 371 g/mol. The molecule has 0 aliphatic rings. The largest absolute Gasteiger partial charge is 0.497 e. The zero-order valence-electron chi connectivity index (χ0n) is 15.3. The van der Waals surface area contributed by atoms with Crippen molar-refractivity contribution in [3.63, 3.8) is 0 Å². The Labute approximate surface area is 151 Å². The summed E-state index contributed by atoms with van der Waals surface area (Å²) in [6.07, 6.45) is -6.97. The van der Waals surface area contributed by atoms with Crippen LogP contribution < -0.4 is 4.74 Å². The summed E-state index contributed by atoms with van der Waals surface area (Å²) in [5.74, 6) is 0.771. The molecule has 0 saturated carbocycles. The molecule has 0 radical (unpaired) electrons. The smallest absolute Gasteiger partial charge is 0.415 e. The molecule has 1 unspecified atom stereocenters. The van der Waals surface area contributed by atoms with Crippen molar-refractivity contribution in [1.29, 1.82) is 0 Å². The molecule has 2 rings (SSSR count). The number of halogens is 3. The second-order valence-corrected chi connectivity index (χ2v) is 6.41. The van der Waals surface area contributed by atoms with E-state index >= 15 is 0 Å². The van der Waals surface area contributed by atoms with Gasteiger partial charge in [0.1, 0.15) is 5.75 Å². The molecule has 144 valence electrons. The molecule has 0 spiro atoms. The van der Waals surface area contributed by atoms with Crippen molar-refractivity contribution in [2.75, 3.05) is 20.7 Å². The molecule has 2 aromatic rings. The predicted octanol–water partition coefficient (Wildman–Crippen LogP) is 2.91. The van der Waals surface area contributed by atoms with Crippen molar-refractivity contribution in [3.05, 3.63) is 46.8 Å². The van der Waals surface area contributed by atoms with Crippen LogP contribution in [0, 0.1) is 13.8 Å². The van der Waals surface area contributed by atoms with E-state index in [2.05, 4.69) is 5.10 Å². The summed E-state index contributed by atoms with van der Waals surface area (Å²) in [4.78, 5) is 1.45. The predicted molar refractivity (Wildman–Crippen MR) is 92.2 cm³/mol. The summed E-state index contributed by atoms with van der Waals surface area (Å²) >= 11 is 0. The van der Waals surface area contributed by atoms with Gasteiger partial charge >= 0.3 is 6.18 Å². The van der Waals surface area contributed by atoms with Gasteiger partial charge in [-0.25, -0.2) is 0 Å². The Balaban J connectivity index is 2.09. The first-order chi connectivity index (χ1) is 12.1. The minimum absolute atomic E-state index is 0.285. The first kappa shape index (κ1) is 20.3. The molecule has 1 aromatic carbocycles. The Morgan fingerprint density at radius 2 is 1.85 bits per heavy atom. The summed E-state index contributed by atoms with van der Waals surface area (Å²) in [6.45, 7) is 4.10. The number of aliphatic hydroxyl groups is 1. The number of benzene rings is 1. The topological polar surface area (TPSA) is 50.5 Å². The van der Waals surface area contributed by atoms with E-state index in [-0.39, 0.29) is 6.54 Å². The molecule has 5 nitrogen and oxygen atoms in total. The van der Waals surface area contributed by atoms with Crippen molar-refractivity contribution in [2.24, 2.45) is 0 Å². The highest BCUT2D eigenvalue weighted by molar-refractivity contribution is 5.29. The number of ether oxygens (including phenoxy) is 1. The second kappa shape index (κ2) is 8.09. The first-order valence-electron chi connectivity index (χ1n) is 8.21. The van der Waals surface area contributed by atoms with E-state index in [1.165, 1.54) is 4.90 Å². The maximum absolute atomic E-state index is 12.5. The van der Waals surface area contributed by atoms with Crippen LogP contribution in [0.3, 0.4) is 0 Å². The first-order valence-corrected chi connectivity index (χ1v) is 8.21. The molecule has 0 amide bonds. The highest BCUT2D eigenvalue weighted by Crippen LogP contribution is 2.22. The normalized spacial score (nSPS) is 13.3. The van der Waals surface area contributed by atoms with Crippen molar-refractivity contribution >= 4 is 0 Å². The lowest BCUT2D eigenvalue weighted by Crippen LogP contribution is -2.39. The van der Waals surface area contributed by atoms with E-state index in [1.807, 2.05) is 42.8 Å². The number of aromatic nitrogens is 2. The molecule has 0 bridgehead atoms. The Bertz CT molecular complexity index is 727. The zero-order chi connectivity index (χ0) is 19.5. The number of aliphatic hydroxyl groups excluding tert-OH is 1. The molecule has 1 heterocycles. The van der Waals surface area contributed by atoms with Gasteiger partial charge in [0.15, 0.2) is 6.10 Å². The van der Waals surface area contributed by atoms with Gasteiger partial charge in [0.05, 0.1) is 19.3 Å². The van der Waals surface area contributed by atoms with Gasteiger partial charge in [-0.2, -0.15) is 18.3 Å². The van der Waals surface area contributed by atoms with Crippen molar-refractivity contribution in [3.8, 4) is 5.75 Å². The summed E-state index contributed by atoms with van der Waals surface area (Å²) in [5.41, 5.74) is 3.58. The molecule has 0 saturated heterocycles. The molecule has 8 heteroatoms. The van der Waals surface area contributed by atoms with Gasteiger partial charge in [0, 0.05) is 24.3 Å². The number of methoxy groups -OCH3 is 1. The molecular weight excluding hydrogens is 347 g/mol. The number of likely N-dealkylation sites (N-methyl/N-ethyl adjacent to an activating group) is 1. The minimum atomic E-state index is -4.61. The van der Waals surface area contributed by atoms with Gasteiger partial charge in [-0.15, -0.1) is 0 Å². The Hall–Kier alpha value is -2.06. The van der Waals surface area contributed by atoms with Crippen molar-refractivity contribution in [1.82, 2.24) is 14.7 Å². The molecule has 0 aliphatic heterocycles. The van der Waals surface area contributed by atoms with E-state index in [0.717, 1.165) is 28.3 Å². The third kappa shape index (κ3) is 4.98. The van der Waals surface area contributed by atoms with Crippen LogP contribution in [-0.4, -0.2) is 52.8 Å². The van der Waals surface area contributed by atoms with Crippen LogP contribution in [-0.2, 0) is 13.1 Å². The van der Waals surface area contributed by atoms with Crippen LogP contribution in [0.4, 0.5) is 13.2 Å². The Morgan fingerprint density at radius 1 is 1.23 bits per heavy atom. The van der Waals surface area contributed by atoms with Crippen molar-refractivity contribution < 1.29 is 23.0 Å². The summed E-state index contributed by atoms with van der Waals surface area (Å²) < 4.78 is 44.5.